The Morgan fingerprint density at radius 3 is 2.74 bits per heavy atom. The molecule has 2 heterocycles. The van der Waals surface area contributed by atoms with Crippen molar-refractivity contribution in [2.24, 2.45) is 0 Å². The van der Waals surface area contributed by atoms with E-state index in [0.29, 0.717) is 17.1 Å². The first-order valence-corrected chi connectivity index (χ1v) is 8.92. The van der Waals surface area contributed by atoms with Crippen molar-refractivity contribution < 1.29 is 9.53 Å². The van der Waals surface area contributed by atoms with Crippen LogP contribution < -0.4 is 10.1 Å². The largest absolute Gasteiger partial charge is 0.496 e. The van der Waals surface area contributed by atoms with E-state index in [1.54, 1.807) is 25.3 Å². The number of pyridine rings is 1. The van der Waals surface area contributed by atoms with Gasteiger partial charge in [-0.15, -0.1) is 0 Å². The molecular formula is C21H20N4O2. The normalized spacial score (nSPS) is 11.0. The zero-order chi connectivity index (χ0) is 18.8. The number of aryl methyl sites for hydroxylation is 1. The summed E-state index contributed by atoms with van der Waals surface area (Å²) in [7, 11) is 1.55. The minimum atomic E-state index is -0.261. The quantitative estimate of drug-likeness (QED) is 0.577. The molecule has 4 rings (SSSR count). The summed E-state index contributed by atoms with van der Waals surface area (Å²) in [6.07, 6.45) is 0.922. The molecule has 4 aromatic rings. The van der Waals surface area contributed by atoms with E-state index in [-0.39, 0.29) is 5.91 Å². The maximum Gasteiger partial charge on any atom is 0.260 e. The lowest BCUT2D eigenvalue weighted by atomic mass is 10.1. The van der Waals surface area contributed by atoms with Crippen molar-refractivity contribution in [1.82, 2.24) is 14.8 Å². The van der Waals surface area contributed by atoms with E-state index in [4.69, 9.17) is 9.72 Å². The average Bonchev–Trinajstić information content (AvgIpc) is 3.03. The van der Waals surface area contributed by atoms with E-state index in [0.717, 1.165) is 34.9 Å². The minimum absolute atomic E-state index is 0.261. The Bertz CT molecular complexity index is 1130. The number of nitrogens with zero attached hydrogens (tertiary/aromatic N) is 3. The van der Waals surface area contributed by atoms with Gasteiger partial charge in [-0.3, -0.25) is 4.79 Å². The van der Waals surface area contributed by atoms with Crippen molar-refractivity contribution in [3.05, 3.63) is 60.2 Å². The molecular weight excluding hydrogens is 340 g/mol. The average molecular weight is 360 g/mol. The zero-order valence-corrected chi connectivity index (χ0v) is 15.3. The molecule has 1 amide bonds. The fourth-order valence-electron chi connectivity index (χ4n) is 3.17. The zero-order valence-electron chi connectivity index (χ0n) is 15.3. The SMILES string of the molecule is CCCn1nc(NC(=O)c2ccccc2OC)c2cc3ccccc3nc21. The number of rotatable bonds is 5. The third kappa shape index (κ3) is 3.10. The molecule has 1 N–H and O–H groups in total. The first-order valence-electron chi connectivity index (χ1n) is 8.92. The predicted octanol–water partition coefficient (Wildman–Crippen LogP) is 4.26. The van der Waals surface area contributed by atoms with E-state index in [1.165, 1.54) is 0 Å². The second-order valence-electron chi connectivity index (χ2n) is 6.28. The van der Waals surface area contributed by atoms with Gasteiger partial charge >= 0.3 is 0 Å². The molecule has 6 heteroatoms. The number of hydrogen-bond acceptors (Lipinski definition) is 4. The lowest BCUT2D eigenvalue weighted by Gasteiger charge is -2.07. The van der Waals surface area contributed by atoms with Gasteiger partial charge in [0.25, 0.3) is 5.91 Å². The van der Waals surface area contributed by atoms with Gasteiger partial charge in [0.05, 0.1) is 23.6 Å². The van der Waals surface area contributed by atoms with Crippen LogP contribution in [0.25, 0.3) is 21.9 Å². The highest BCUT2D eigenvalue weighted by molar-refractivity contribution is 6.10. The molecule has 0 saturated carbocycles. The van der Waals surface area contributed by atoms with E-state index in [2.05, 4.69) is 17.3 Å². The summed E-state index contributed by atoms with van der Waals surface area (Å²) in [5.74, 6) is 0.770. The molecule has 0 atom stereocenters. The lowest BCUT2D eigenvalue weighted by Crippen LogP contribution is -2.14. The summed E-state index contributed by atoms with van der Waals surface area (Å²) in [6, 6.07) is 17.1. The van der Waals surface area contributed by atoms with Crippen LogP contribution in [0.4, 0.5) is 5.82 Å². The Morgan fingerprint density at radius 1 is 1.15 bits per heavy atom. The summed E-state index contributed by atoms with van der Waals surface area (Å²) in [6.45, 7) is 2.81. The highest BCUT2D eigenvalue weighted by atomic mass is 16.5. The third-order valence-corrected chi connectivity index (χ3v) is 4.44. The Kier molecular flexibility index (Phi) is 4.46. The minimum Gasteiger partial charge on any atom is -0.496 e. The monoisotopic (exact) mass is 360 g/mol. The van der Waals surface area contributed by atoms with Gasteiger partial charge in [0, 0.05) is 11.9 Å². The number of aromatic nitrogens is 3. The number of benzene rings is 2. The van der Waals surface area contributed by atoms with Gasteiger partial charge in [-0.1, -0.05) is 37.3 Å². The maximum absolute atomic E-state index is 12.8. The number of para-hydroxylation sites is 2. The second kappa shape index (κ2) is 7.07. The topological polar surface area (TPSA) is 69.0 Å². The Balaban J connectivity index is 1.81. The van der Waals surface area contributed by atoms with E-state index < -0.39 is 0 Å². The first kappa shape index (κ1) is 17.0. The molecule has 0 unspecified atom stereocenters. The standard InChI is InChI=1S/C21H20N4O2/c1-3-12-25-20-16(13-14-8-4-6-10-17(14)22-20)19(24-25)23-21(26)15-9-5-7-11-18(15)27-2/h4-11,13H,3,12H2,1-2H3,(H,23,24,26). The van der Waals surface area contributed by atoms with Crippen LogP contribution in [0.5, 0.6) is 5.75 Å². The number of anilines is 1. The molecule has 0 radical (unpaired) electrons. The highest BCUT2D eigenvalue weighted by Gasteiger charge is 2.18. The second-order valence-corrected chi connectivity index (χ2v) is 6.28. The Morgan fingerprint density at radius 2 is 1.93 bits per heavy atom. The van der Waals surface area contributed by atoms with Gasteiger partial charge in [-0.05, 0) is 30.7 Å². The van der Waals surface area contributed by atoms with Crippen LogP contribution in [0.2, 0.25) is 0 Å². The number of nitrogens with one attached hydrogen (secondary N) is 1. The summed E-state index contributed by atoms with van der Waals surface area (Å²) >= 11 is 0. The summed E-state index contributed by atoms with van der Waals surface area (Å²) in [5, 5.41) is 9.37. The van der Waals surface area contributed by atoms with E-state index in [1.807, 2.05) is 41.1 Å². The number of carbonyl (C=O) groups is 1. The third-order valence-electron chi connectivity index (χ3n) is 4.44. The number of methoxy groups -OCH3 is 1. The van der Waals surface area contributed by atoms with Crippen LogP contribution in [0.1, 0.15) is 23.7 Å². The summed E-state index contributed by atoms with van der Waals surface area (Å²) in [5.41, 5.74) is 2.14. The number of fused-ring (bicyclic) bond motifs is 2. The van der Waals surface area contributed by atoms with Gasteiger partial charge in [0.15, 0.2) is 11.5 Å². The lowest BCUT2D eigenvalue weighted by molar-refractivity contribution is 0.102. The number of carbonyl (C=O) groups excluding carboxylic acids is 1. The molecule has 0 aliphatic carbocycles. The predicted molar refractivity (Wildman–Crippen MR) is 106 cm³/mol. The van der Waals surface area contributed by atoms with Crippen molar-refractivity contribution in [3.63, 3.8) is 0 Å². The molecule has 0 saturated heterocycles. The van der Waals surface area contributed by atoms with Crippen LogP contribution >= 0.6 is 0 Å². The smallest absolute Gasteiger partial charge is 0.260 e. The summed E-state index contributed by atoms with van der Waals surface area (Å²) in [4.78, 5) is 17.6. The van der Waals surface area contributed by atoms with Crippen LogP contribution in [0.15, 0.2) is 54.6 Å². The number of hydrogen-bond donors (Lipinski definition) is 1. The van der Waals surface area contributed by atoms with Crippen LogP contribution in [0.3, 0.4) is 0 Å². The van der Waals surface area contributed by atoms with E-state index >= 15 is 0 Å². The maximum atomic E-state index is 12.8. The molecule has 0 aliphatic rings. The molecule has 0 aliphatic heterocycles. The Hall–Kier alpha value is -3.41. The molecule has 0 bridgehead atoms. The first-order chi connectivity index (χ1) is 13.2. The molecule has 6 nitrogen and oxygen atoms in total. The van der Waals surface area contributed by atoms with Crippen LogP contribution in [-0.4, -0.2) is 27.8 Å². The van der Waals surface area contributed by atoms with Gasteiger partial charge in [0.1, 0.15) is 5.75 Å². The molecule has 0 fully saturated rings. The van der Waals surface area contributed by atoms with Crippen molar-refractivity contribution in [2.75, 3.05) is 12.4 Å². The molecule has 2 aromatic carbocycles. The van der Waals surface area contributed by atoms with Gasteiger partial charge in [-0.2, -0.15) is 5.10 Å². The van der Waals surface area contributed by atoms with Crippen molar-refractivity contribution in [1.29, 1.82) is 0 Å². The Labute approximate surface area is 156 Å². The molecule has 0 spiro atoms. The molecule has 136 valence electrons. The van der Waals surface area contributed by atoms with Gasteiger partial charge in [-0.25, -0.2) is 9.67 Å². The fourth-order valence-corrected chi connectivity index (χ4v) is 3.17. The molecule has 2 aromatic heterocycles. The van der Waals surface area contributed by atoms with Crippen molar-refractivity contribution >= 4 is 33.7 Å². The number of ether oxygens (including phenoxy) is 1. The fraction of sp³-hybridized carbons (Fsp3) is 0.190. The van der Waals surface area contributed by atoms with Crippen LogP contribution in [0, 0.1) is 0 Å². The van der Waals surface area contributed by atoms with Gasteiger partial charge < -0.3 is 10.1 Å². The van der Waals surface area contributed by atoms with E-state index in [9.17, 15) is 4.79 Å². The van der Waals surface area contributed by atoms with Crippen molar-refractivity contribution in [2.45, 2.75) is 19.9 Å². The van der Waals surface area contributed by atoms with Gasteiger partial charge in [0.2, 0.25) is 0 Å². The number of amides is 1. The highest BCUT2D eigenvalue weighted by Crippen LogP contribution is 2.27. The summed E-state index contributed by atoms with van der Waals surface area (Å²) < 4.78 is 7.14. The van der Waals surface area contributed by atoms with Crippen LogP contribution in [-0.2, 0) is 6.54 Å². The van der Waals surface area contributed by atoms with Crippen molar-refractivity contribution in [3.8, 4) is 5.75 Å². The molecule has 27 heavy (non-hydrogen) atoms.